The zero-order valence-electron chi connectivity index (χ0n) is 48.7. The van der Waals surface area contributed by atoms with E-state index in [2.05, 4.69) is 104 Å². The van der Waals surface area contributed by atoms with Crippen molar-refractivity contribution in [3.63, 3.8) is 0 Å². The number of carbonyl (C=O) groups excluding carboxylic acids is 1. The van der Waals surface area contributed by atoms with Crippen LogP contribution in [0.25, 0.3) is 0 Å². The van der Waals surface area contributed by atoms with Crippen molar-refractivity contribution >= 4 is 5.91 Å². The lowest BCUT2D eigenvalue weighted by Gasteiger charge is -2.40. The number of allylic oxidation sites excluding steroid dienone is 15. The summed E-state index contributed by atoms with van der Waals surface area (Å²) < 4.78 is 11.3. The first kappa shape index (κ1) is 71.1. The Bertz CT molecular complexity index is 1510. The van der Waals surface area contributed by atoms with E-state index < -0.39 is 49.5 Å². The molecule has 1 saturated heterocycles. The molecule has 0 spiro atoms. The lowest BCUT2D eigenvalue weighted by Crippen LogP contribution is -2.60. The molecule has 7 atom stereocenters. The van der Waals surface area contributed by atoms with Crippen molar-refractivity contribution < 1.29 is 39.8 Å². The summed E-state index contributed by atoms with van der Waals surface area (Å²) in [5, 5.41) is 54.6. The standard InChI is InChI=1S/C67H117NO8/c1-3-5-7-9-11-13-15-17-19-21-23-25-26-27-28-29-30-31-32-33-34-35-37-38-40-42-44-46-48-50-52-54-56-61(70)60(59-75-67-66(74)65(73)64(72)62(58-69)76-67)68-63(71)57-55-53-51-49-47-45-43-41-39-36-24-22-20-18-16-14-12-10-8-6-4-2/h6,8,12,14,18,20,24,36,38,40-41,43,46,48,54,56,60-62,64-67,69-70,72-74H,3-5,7,9-11,13,15-17,19,21-23,25-35,37,39,42,44-45,47,49-53,55,57-59H2,1-2H3,(H,68,71)/b8-6-,14-12-,20-18-,36-24-,40-38+,43-41-,48-46+,56-54+. The van der Waals surface area contributed by atoms with Crippen LogP contribution < -0.4 is 5.32 Å². The molecule has 76 heavy (non-hydrogen) atoms. The lowest BCUT2D eigenvalue weighted by molar-refractivity contribution is -0.302. The molecule has 0 saturated carbocycles. The Hall–Kier alpha value is -2.89. The van der Waals surface area contributed by atoms with Gasteiger partial charge >= 0.3 is 0 Å². The number of rotatable bonds is 53. The fourth-order valence-electron chi connectivity index (χ4n) is 9.45. The topological polar surface area (TPSA) is 149 Å². The fourth-order valence-corrected chi connectivity index (χ4v) is 9.45. The SMILES string of the molecule is CC/C=C\C/C=C\C/C=C\C/C=C\C/C=C\CCCCCCCC(=O)NC(COC1OC(CO)C(O)C(O)C1O)C(O)/C=C/CC/C=C/CC/C=C/CCCCCCCCCCCCCCCCCCCCCCCC. The first-order chi connectivity index (χ1) is 37.3. The Morgan fingerprint density at radius 3 is 1.26 bits per heavy atom. The van der Waals surface area contributed by atoms with Gasteiger partial charge in [-0.3, -0.25) is 4.79 Å². The number of hydrogen-bond acceptors (Lipinski definition) is 8. The first-order valence-electron chi connectivity index (χ1n) is 31.5. The first-order valence-corrected chi connectivity index (χ1v) is 31.5. The van der Waals surface area contributed by atoms with Crippen LogP contribution in [0.3, 0.4) is 0 Å². The molecular formula is C67H117NO8. The number of nitrogens with one attached hydrogen (secondary N) is 1. The van der Waals surface area contributed by atoms with Gasteiger partial charge in [0.15, 0.2) is 6.29 Å². The number of carbonyl (C=O) groups is 1. The molecule has 9 nitrogen and oxygen atoms in total. The average Bonchev–Trinajstić information content (AvgIpc) is 3.42. The monoisotopic (exact) mass is 1060 g/mol. The summed E-state index contributed by atoms with van der Waals surface area (Å²) in [4.78, 5) is 13.1. The number of aliphatic hydroxyl groups is 5. The van der Waals surface area contributed by atoms with Gasteiger partial charge in [0.2, 0.25) is 5.91 Å². The predicted octanol–water partition coefficient (Wildman–Crippen LogP) is 16.4. The van der Waals surface area contributed by atoms with E-state index in [0.29, 0.717) is 6.42 Å². The summed E-state index contributed by atoms with van der Waals surface area (Å²) >= 11 is 0. The molecule has 0 aromatic carbocycles. The van der Waals surface area contributed by atoms with Gasteiger partial charge in [-0.15, -0.1) is 0 Å². The molecule has 0 aliphatic carbocycles. The summed E-state index contributed by atoms with van der Waals surface area (Å²) in [6.45, 7) is 3.65. The van der Waals surface area contributed by atoms with Gasteiger partial charge in [0.05, 0.1) is 25.4 Å². The van der Waals surface area contributed by atoms with Crippen LogP contribution in [-0.4, -0.2) is 87.5 Å². The van der Waals surface area contributed by atoms with E-state index in [1.165, 1.54) is 148 Å². The summed E-state index contributed by atoms with van der Waals surface area (Å²) in [7, 11) is 0. The molecular weight excluding hydrogens is 947 g/mol. The zero-order valence-corrected chi connectivity index (χ0v) is 48.7. The van der Waals surface area contributed by atoms with Crippen molar-refractivity contribution in [3.8, 4) is 0 Å². The Morgan fingerprint density at radius 2 is 0.829 bits per heavy atom. The average molecular weight is 1060 g/mol. The molecule has 6 N–H and O–H groups in total. The van der Waals surface area contributed by atoms with Crippen LogP contribution in [0.4, 0.5) is 0 Å². The van der Waals surface area contributed by atoms with Crippen LogP contribution >= 0.6 is 0 Å². The van der Waals surface area contributed by atoms with Crippen LogP contribution in [0.1, 0.15) is 264 Å². The quantitative estimate of drug-likeness (QED) is 0.0261. The van der Waals surface area contributed by atoms with Gasteiger partial charge in [-0.2, -0.15) is 0 Å². The normalized spacial score (nSPS) is 19.5. The van der Waals surface area contributed by atoms with E-state index >= 15 is 0 Å². The van der Waals surface area contributed by atoms with Crippen molar-refractivity contribution in [3.05, 3.63) is 97.2 Å². The van der Waals surface area contributed by atoms with Gasteiger partial charge in [0.1, 0.15) is 24.4 Å². The van der Waals surface area contributed by atoms with E-state index in [4.69, 9.17) is 9.47 Å². The molecule has 0 radical (unpaired) electrons. The van der Waals surface area contributed by atoms with Gasteiger partial charge < -0.3 is 40.3 Å². The van der Waals surface area contributed by atoms with Crippen LogP contribution in [-0.2, 0) is 14.3 Å². The molecule has 0 bridgehead atoms. The molecule has 1 aliphatic heterocycles. The molecule has 7 unspecified atom stereocenters. The molecule has 0 aromatic heterocycles. The third-order valence-corrected chi connectivity index (χ3v) is 14.4. The third kappa shape index (κ3) is 44.0. The van der Waals surface area contributed by atoms with Gasteiger partial charge in [0, 0.05) is 6.42 Å². The summed E-state index contributed by atoms with van der Waals surface area (Å²) in [5.74, 6) is -0.211. The molecule has 438 valence electrons. The second-order valence-corrected chi connectivity index (χ2v) is 21.4. The number of unbranched alkanes of at least 4 members (excludes halogenated alkanes) is 29. The van der Waals surface area contributed by atoms with Gasteiger partial charge in [-0.05, 0) is 89.9 Å². The highest BCUT2D eigenvalue weighted by Gasteiger charge is 2.44. The largest absolute Gasteiger partial charge is 0.394 e. The van der Waals surface area contributed by atoms with E-state index in [0.717, 1.165) is 96.3 Å². The minimum absolute atomic E-state index is 0.211. The second-order valence-electron chi connectivity index (χ2n) is 21.4. The van der Waals surface area contributed by atoms with Crippen LogP contribution in [0.2, 0.25) is 0 Å². The minimum atomic E-state index is -1.59. The van der Waals surface area contributed by atoms with Crippen LogP contribution in [0, 0.1) is 0 Å². The zero-order chi connectivity index (χ0) is 55.0. The molecule has 1 rings (SSSR count). The van der Waals surface area contributed by atoms with Crippen molar-refractivity contribution in [1.82, 2.24) is 5.32 Å². The minimum Gasteiger partial charge on any atom is -0.394 e. The molecule has 1 heterocycles. The highest BCUT2D eigenvalue weighted by molar-refractivity contribution is 5.76. The maximum absolute atomic E-state index is 13.1. The van der Waals surface area contributed by atoms with E-state index in [1.807, 2.05) is 6.08 Å². The maximum atomic E-state index is 13.1. The second kappa shape index (κ2) is 55.4. The van der Waals surface area contributed by atoms with Crippen molar-refractivity contribution in [2.24, 2.45) is 0 Å². The van der Waals surface area contributed by atoms with Crippen molar-refractivity contribution in [1.29, 1.82) is 0 Å². The molecule has 1 amide bonds. The van der Waals surface area contributed by atoms with Crippen molar-refractivity contribution in [2.45, 2.75) is 307 Å². The fraction of sp³-hybridized carbons (Fsp3) is 0.746. The summed E-state index contributed by atoms with van der Waals surface area (Å²) in [6.07, 6.45) is 73.5. The van der Waals surface area contributed by atoms with Crippen molar-refractivity contribution in [2.75, 3.05) is 13.2 Å². The van der Waals surface area contributed by atoms with Crippen LogP contribution in [0.15, 0.2) is 97.2 Å². The third-order valence-electron chi connectivity index (χ3n) is 14.4. The summed E-state index contributed by atoms with van der Waals surface area (Å²) in [6, 6.07) is -0.847. The highest BCUT2D eigenvalue weighted by Crippen LogP contribution is 2.23. The van der Waals surface area contributed by atoms with E-state index in [1.54, 1.807) is 6.08 Å². The van der Waals surface area contributed by atoms with E-state index in [9.17, 15) is 30.3 Å². The highest BCUT2D eigenvalue weighted by atomic mass is 16.7. The lowest BCUT2D eigenvalue weighted by atomic mass is 9.99. The van der Waals surface area contributed by atoms with Gasteiger partial charge in [-0.25, -0.2) is 0 Å². The maximum Gasteiger partial charge on any atom is 0.220 e. The number of amides is 1. The predicted molar refractivity (Wildman–Crippen MR) is 322 cm³/mol. The number of aliphatic hydroxyl groups excluding tert-OH is 5. The Balaban J connectivity index is 2.23. The van der Waals surface area contributed by atoms with Crippen LogP contribution in [0.5, 0.6) is 0 Å². The van der Waals surface area contributed by atoms with Gasteiger partial charge in [-0.1, -0.05) is 265 Å². The molecule has 1 fully saturated rings. The number of ether oxygens (including phenoxy) is 2. The number of hydrogen-bond donors (Lipinski definition) is 6. The Morgan fingerprint density at radius 1 is 0.461 bits per heavy atom. The molecule has 0 aromatic rings. The van der Waals surface area contributed by atoms with Gasteiger partial charge in [0.25, 0.3) is 0 Å². The van der Waals surface area contributed by atoms with E-state index in [-0.39, 0.29) is 12.5 Å². The molecule has 1 aliphatic rings. The molecule has 9 heteroatoms. The summed E-state index contributed by atoms with van der Waals surface area (Å²) in [5.41, 5.74) is 0. The smallest absolute Gasteiger partial charge is 0.220 e. The Kier molecular flexibility index (Phi) is 51.9. The Labute approximate surface area is 466 Å².